The highest BCUT2D eigenvalue weighted by Crippen LogP contribution is 2.28. The van der Waals surface area contributed by atoms with Gasteiger partial charge in [-0.2, -0.15) is 0 Å². The molecule has 1 fully saturated rings. The molecule has 0 spiro atoms. The van der Waals surface area contributed by atoms with Gasteiger partial charge in [-0.25, -0.2) is 4.98 Å². The first kappa shape index (κ1) is 12.9. The molecule has 0 N–H and O–H groups in total. The number of fused-ring (bicyclic) bond motifs is 1. The lowest BCUT2D eigenvalue weighted by Crippen LogP contribution is -2.11. The summed E-state index contributed by atoms with van der Waals surface area (Å²) in [4.78, 5) is 4.65. The van der Waals surface area contributed by atoms with Gasteiger partial charge in [-0.05, 0) is 30.9 Å². The molecule has 19 heavy (non-hydrogen) atoms. The first-order valence-corrected chi connectivity index (χ1v) is 7.50. The molecule has 0 aliphatic heterocycles. The van der Waals surface area contributed by atoms with E-state index in [0.717, 1.165) is 43.4 Å². The summed E-state index contributed by atoms with van der Waals surface area (Å²) >= 11 is 5.86. The van der Waals surface area contributed by atoms with Crippen molar-refractivity contribution in [3.8, 4) is 0 Å². The van der Waals surface area contributed by atoms with Crippen LogP contribution in [0.4, 0.5) is 0 Å². The molecule has 1 aromatic heterocycles. The Morgan fingerprint density at radius 3 is 2.95 bits per heavy atom. The minimum atomic E-state index is 0.603. The third-order valence-corrected chi connectivity index (χ3v) is 3.75. The zero-order chi connectivity index (χ0) is 13.1. The monoisotopic (exact) mass is 278 g/mol. The number of benzene rings is 1. The number of imidazole rings is 1. The number of aryl methyl sites for hydroxylation is 1. The Morgan fingerprint density at radius 2 is 2.16 bits per heavy atom. The molecular formula is C15H19ClN2O. The molecule has 1 aromatic carbocycles. The number of rotatable bonds is 7. The van der Waals surface area contributed by atoms with Crippen molar-refractivity contribution in [2.45, 2.75) is 25.8 Å². The number of aromatic nitrogens is 2. The van der Waals surface area contributed by atoms with Crippen molar-refractivity contribution in [2.75, 3.05) is 19.1 Å². The molecule has 102 valence electrons. The maximum Gasteiger partial charge on any atom is 0.111 e. The van der Waals surface area contributed by atoms with Crippen LogP contribution in [0.5, 0.6) is 0 Å². The van der Waals surface area contributed by atoms with Crippen molar-refractivity contribution >= 4 is 22.6 Å². The quantitative estimate of drug-likeness (QED) is 0.574. The van der Waals surface area contributed by atoms with E-state index in [1.165, 1.54) is 18.4 Å². The number of halogens is 1. The van der Waals surface area contributed by atoms with E-state index < -0.39 is 0 Å². The minimum absolute atomic E-state index is 0.603. The Kier molecular flexibility index (Phi) is 4.04. The molecule has 4 heteroatoms. The zero-order valence-corrected chi connectivity index (χ0v) is 11.8. The van der Waals surface area contributed by atoms with Gasteiger partial charge < -0.3 is 9.30 Å². The Balaban J connectivity index is 1.72. The largest absolute Gasteiger partial charge is 0.379 e. The maximum absolute atomic E-state index is 5.86. The molecule has 0 bridgehead atoms. The molecule has 1 saturated carbocycles. The van der Waals surface area contributed by atoms with Crippen LogP contribution in [0.15, 0.2) is 24.3 Å². The van der Waals surface area contributed by atoms with Crippen molar-refractivity contribution in [2.24, 2.45) is 5.92 Å². The van der Waals surface area contributed by atoms with E-state index in [4.69, 9.17) is 16.3 Å². The van der Waals surface area contributed by atoms with E-state index in [1.54, 1.807) is 0 Å². The normalized spacial score (nSPS) is 15.2. The summed E-state index contributed by atoms with van der Waals surface area (Å²) in [6.07, 6.45) is 3.48. The van der Waals surface area contributed by atoms with Gasteiger partial charge in [0.15, 0.2) is 0 Å². The summed E-state index contributed by atoms with van der Waals surface area (Å²) in [6, 6.07) is 8.24. The summed E-state index contributed by atoms with van der Waals surface area (Å²) in [6.45, 7) is 2.53. The lowest BCUT2D eigenvalue weighted by molar-refractivity contribution is 0.117. The minimum Gasteiger partial charge on any atom is -0.379 e. The molecule has 3 nitrogen and oxygen atoms in total. The van der Waals surface area contributed by atoms with Crippen molar-refractivity contribution in [1.82, 2.24) is 9.55 Å². The molecule has 0 amide bonds. The second-order valence-corrected chi connectivity index (χ2v) is 5.50. The van der Waals surface area contributed by atoms with Gasteiger partial charge in [-0.15, -0.1) is 11.6 Å². The fraction of sp³-hybridized carbons (Fsp3) is 0.533. The van der Waals surface area contributed by atoms with Crippen molar-refractivity contribution in [3.05, 3.63) is 30.1 Å². The summed E-state index contributed by atoms with van der Waals surface area (Å²) in [5.74, 6) is 2.49. The van der Waals surface area contributed by atoms with Crippen LogP contribution in [-0.2, 0) is 17.7 Å². The summed E-state index contributed by atoms with van der Waals surface area (Å²) in [7, 11) is 0. The Labute approximate surface area is 118 Å². The molecule has 3 rings (SSSR count). The first-order valence-electron chi connectivity index (χ1n) is 6.96. The van der Waals surface area contributed by atoms with Crippen LogP contribution in [0.3, 0.4) is 0 Å². The van der Waals surface area contributed by atoms with Crippen molar-refractivity contribution in [3.63, 3.8) is 0 Å². The maximum atomic E-state index is 5.86. The fourth-order valence-electron chi connectivity index (χ4n) is 2.34. The fourth-order valence-corrected chi connectivity index (χ4v) is 2.51. The average Bonchev–Trinajstić information content (AvgIpc) is 3.18. The van der Waals surface area contributed by atoms with E-state index in [-0.39, 0.29) is 0 Å². The molecule has 1 aliphatic rings. The van der Waals surface area contributed by atoms with Gasteiger partial charge >= 0.3 is 0 Å². The van der Waals surface area contributed by atoms with E-state index >= 15 is 0 Å². The Hall–Kier alpha value is -1.06. The predicted molar refractivity (Wildman–Crippen MR) is 77.7 cm³/mol. The van der Waals surface area contributed by atoms with Gasteiger partial charge in [0.25, 0.3) is 0 Å². The van der Waals surface area contributed by atoms with Gasteiger partial charge in [0, 0.05) is 25.5 Å². The number of hydrogen-bond donors (Lipinski definition) is 0. The molecule has 1 heterocycles. The van der Waals surface area contributed by atoms with E-state index in [9.17, 15) is 0 Å². The topological polar surface area (TPSA) is 27.1 Å². The highest BCUT2D eigenvalue weighted by molar-refractivity contribution is 6.17. The van der Waals surface area contributed by atoms with Gasteiger partial charge in [0.2, 0.25) is 0 Å². The van der Waals surface area contributed by atoms with Crippen LogP contribution in [-0.4, -0.2) is 28.6 Å². The van der Waals surface area contributed by atoms with Gasteiger partial charge in [-0.3, -0.25) is 0 Å². The van der Waals surface area contributed by atoms with Crippen LogP contribution >= 0.6 is 11.6 Å². The predicted octanol–water partition coefficient (Wildman–Crippen LogP) is 3.24. The number of alkyl halides is 1. The van der Waals surface area contributed by atoms with Crippen molar-refractivity contribution < 1.29 is 4.74 Å². The molecule has 0 radical (unpaired) electrons. The molecular weight excluding hydrogens is 260 g/mol. The number of nitrogens with zero attached hydrogens (tertiary/aromatic N) is 2. The molecule has 0 atom stereocenters. The van der Waals surface area contributed by atoms with E-state index in [1.807, 2.05) is 6.07 Å². The first-order chi connectivity index (χ1) is 9.38. The summed E-state index contributed by atoms with van der Waals surface area (Å²) in [5, 5.41) is 0. The molecule has 2 aromatic rings. The third kappa shape index (κ3) is 3.10. The summed E-state index contributed by atoms with van der Waals surface area (Å²) in [5.41, 5.74) is 2.22. The zero-order valence-electron chi connectivity index (χ0n) is 11.0. The number of hydrogen-bond acceptors (Lipinski definition) is 2. The van der Waals surface area contributed by atoms with Crippen molar-refractivity contribution in [1.29, 1.82) is 0 Å². The van der Waals surface area contributed by atoms with Gasteiger partial charge in [0.05, 0.1) is 17.6 Å². The van der Waals surface area contributed by atoms with Crippen LogP contribution in [0.25, 0.3) is 11.0 Å². The third-order valence-electron chi connectivity index (χ3n) is 3.56. The Bertz CT molecular complexity index is 548. The van der Waals surface area contributed by atoms with Crippen LogP contribution in [0.1, 0.15) is 18.7 Å². The number of para-hydroxylation sites is 2. The second-order valence-electron chi connectivity index (χ2n) is 5.13. The number of ether oxygens (including phenoxy) is 1. The lowest BCUT2D eigenvalue weighted by atomic mass is 10.3. The smallest absolute Gasteiger partial charge is 0.111 e. The molecule has 0 unspecified atom stereocenters. The van der Waals surface area contributed by atoms with Gasteiger partial charge in [0.1, 0.15) is 5.82 Å². The summed E-state index contributed by atoms with van der Waals surface area (Å²) < 4.78 is 7.97. The SMILES string of the molecule is ClCCc1nc2ccccc2n1CCOCC1CC1. The van der Waals surface area contributed by atoms with E-state index in [0.29, 0.717) is 5.88 Å². The molecule has 0 saturated heterocycles. The molecule has 1 aliphatic carbocycles. The highest BCUT2D eigenvalue weighted by Gasteiger charge is 2.21. The standard InChI is InChI=1S/C15H19ClN2O/c16-8-7-15-17-13-3-1-2-4-14(13)18(15)9-10-19-11-12-5-6-12/h1-4,12H,5-11H2. The second kappa shape index (κ2) is 5.93. The lowest BCUT2D eigenvalue weighted by Gasteiger charge is -2.09. The van der Waals surface area contributed by atoms with Crippen LogP contribution < -0.4 is 0 Å². The van der Waals surface area contributed by atoms with Gasteiger partial charge in [-0.1, -0.05) is 12.1 Å². The van der Waals surface area contributed by atoms with Crippen LogP contribution in [0.2, 0.25) is 0 Å². The average molecular weight is 279 g/mol. The van der Waals surface area contributed by atoms with Crippen LogP contribution in [0, 0.1) is 5.92 Å². The highest BCUT2D eigenvalue weighted by atomic mass is 35.5. The van der Waals surface area contributed by atoms with E-state index in [2.05, 4.69) is 27.8 Å². The Morgan fingerprint density at radius 1 is 1.32 bits per heavy atom.